The average Bonchev–Trinajstić information content (AvgIpc) is 3.27. The lowest BCUT2D eigenvalue weighted by molar-refractivity contribution is 0.0746. The van der Waals surface area contributed by atoms with E-state index < -0.39 is 0 Å². The molecule has 0 atom stereocenters. The van der Waals surface area contributed by atoms with Crippen LogP contribution in [0, 0.1) is 0 Å². The number of fused-ring (bicyclic) bond motifs is 1. The lowest BCUT2D eigenvalue weighted by Gasteiger charge is -2.34. The van der Waals surface area contributed by atoms with Gasteiger partial charge in [0.1, 0.15) is 0 Å². The lowest BCUT2D eigenvalue weighted by atomic mass is 10.0. The van der Waals surface area contributed by atoms with E-state index in [1.807, 2.05) is 35.2 Å². The molecule has 1 amide bonds. The Morgan fingerprint density at radius 3 is 2.19 bits per heavy atom. The SMILES string of the molecule is O=C(c1ccccc1)c1ccc(C(=O)N2CCN(c3nc4ccc(Br)cc4s3)CC2)cc1. The number of ketones is 1. The Labute approximate surface area is 198 Å². The third-order valence-electron chi connectivity index (χ3n) is 5.61. The summed E-state index contributed by atoms with van der Waals surface area (Å²) >= 11 is 5.19. The van der Waals surface area contributed by atoms with Crippen LogP contribution >= 0.6 is 27.3 Å². The molecule has 5 nitrogen and oxygen atoms in total. The number of halogens is 1. The number of piperazine rings is 1. The minimum Gasteiger partial charge on any atom is -0.345 e. The van der Waals surface area contributed by atoms with E-state index >= 15 is 0 Å². The fourth-order valence-corrected chi connectivity index (χ4v) is 5.39. The van der Waals surface area contributed by atoms with Crippen molar-refractivity contribution in [2.75, 3.05) is 31.1 Å². The number of thiazole rings is 1. The Morgan fingerprint density at radius 1 is 0.812 bits per heavy atom. The molecule has 1 aliphatic rings. The van der Waals surface area contributed by atoms with Gasteiger partial charge in [0.05, 0.1) is 10.2 Å². The topological polar surface area (TPSA) is 53.5 Å². The van der Waals surface area contributed by atoms with Crippen LogP contribution in [-0.2, 0) is 0 Å². The van der Waals surface area contributed by atoms with Crippen LogP contribution in [0.25, 0.3) is 10.2 Å². The van der Waals surface area contributed by atoms with E-state index in [1.165, 1.54) is 0 Å². The molecule has 1 fully saturated rings. The predicted octanol–water partition coefficient (Wildman–Crippen LogP) is 5.25. The quantitative estimate of drug-likeness (QED) is 0.355. The van der Waals surface area contributed by atoms with Gasteiger partial charge in [0.25, 0.3) is 5.91 Å². The van der Waals surface area contributed by atoms with Gasteiger partial charge in [-0.25, -0.2) is 4.98 Å². The number of hydrogen-bond donors (Lipinski definition) is 0. The van der Waals surface area contributed by atoms with Crippen molar-refractivity contribution in [2.24, 2.45) is 0 Å². The van der Waals surface area contributed by atoms with E-state index in [9.17, 15) is 9.59 Å². The van der Waals surface area contributed by atoms with Gasteiger partial charge < -0.3 is 9.80 Å². The van der Waals surface area contributed by atoms with Gasteiger partial charge in [-0.3, -0.25) is 9.59 Å². The summed E-state index contributed by atoms with van der Waals surface area (Å²) in [5, 5.41) is 0.994. The maximum atomic E-state index is 13.0. The fraction of sp³-hybridized carbons (Fsp3) is 0.160. The number of hydrogen-bond acceptors (Lipinski definition) is 5. The largest absolute Gasteiger partial charge is 0.345 e. The number of rotatable bonds is 4. The molecule has 0 unspecified atom stereocenters. The Bertz CT molecular complexity index is 1280. The van der Waals surface area contributed by atoms with Crippen molar-refractivity contribution in [1.29, 1.82) is 0 Å². The van der Waals surface area contributed by atoms with E-state index in [4.69, 9.17) is 4.98 Å². The van der Waals surface area contributed by atoms with Gasteiger partial charge in [0.15, 0.2) is 10.9 Å². The Hall–Kier alpha value is -3.03. The van der Waals surface area contributed by atoms with Crippen LogP contribution in [-0.4, -0.2) is 47.8 Å². The van der Waals surface area contributed by atoms with Crippen molar-refractivity contribution in [3.8, 4) is 0 Å². The summed E-state index contributed by atoms with van der Waals surface area (Å²) in [6, 6.07) is 22.2. The van der Waals surface area contributed by atoms with Crippen LogP contribution in [0.15, 0.2) is 77.3 Å². The van der Waals surface area contributed by atoms with Crippen LogP contribution in [0.1, 0.15) is 26.3 Å². The summed E-state index contributed by atoms with van der Waals surface area (Å²) in [6.07, 6.45) is 0. The number of nitrogens with zero attached hydrogens (tertiary/aromatic N) is 3. The highest BCUT2D eigenvalue weighted by atomic mass is 79.9. The van der Waals surface area contributed by atoms with Crippen molar-refractivity contribution in [3.63, 3.8) is 0 Å². The number of anilines is 1. The molecule has 1 aliphatic heterocycles. The molecule has 3 aromatic carbocycles. The highest BCUT2D eigenvalue weighted by Gasteiger charge is 2.24. The first-order valence-corrected chi connectivity index (χ1v) is 12.0. The van der Waals surface area contributed by atoms with Gasteiger partial charge in [-0.2, -0.15) is 0 Å². The zero-order valence-electron chi connectivity index (χ0n) is 17.2. The number of carbonyl (C=O) groups excluding carboxylic acids is 2. The molecule has 0 N–H and O–H groups in total. The summed E-state index contributed by atoms with van der Waals surface area (Å²) in [7, 11) is 0. The Morgan fingerprint density at radius 2 is 1.47 bits per heavy atom. The molecule has 32 heavy (non-hydrogen) atoms. The van der Waals surface area contributed by atoms with Gasteiger partial charge in [-0.05, 0) is 30.3 Å². The van der Waals surface area contributed by atoms with E-state index in [-0.39, 0.29) is 11.7 Å². The van der Waals surface area contributed by atoms with E-state index in [1.54, 1.807) is 47.7 Å². The predicted molar refractivity (Wildman–Crippen MR) is 132 cm³/mol. The third kappa shape index (κ3) is 4.18. The summed E-state index contributed by atoms with van der Waals surface area (Å²) in [5.74, 6) is -0.0438. The van der Waals surface area contributed by atoms with Crippen LogP contribution in [0.2, 0.25) is 0 Å². The highest BCUT2D eigenvalue weighted by molar-refractivity contribution is 9.10. The summed E-state index contributed by atoms with van der Waals surface area (Å²) in [4.78, 5) is 34.4. The zero-order valence-corrected chi connectivity index (χ0v) is 19.6. The molecule has 4 aromatic rings. The summed E-state index contributed by atoms with van der Waals surface area (Å²) in [6.45, 7) is 2.78. The second kappa shape index (κ2) is 8.84. The van der Waals surface area contributed by atoms with Crippen molar-refractivity contribution in [3.05, 3.63) is 94.0 Å². The fourth-order valence-electron chi connectivity index (χ4n) is 3.83. The Kier molecular flexibility index (Phi) is 5.76. The van der Waals surface area contributed by atoms with Crippen molar-refractivity contribution in [1.82, 2.24) is 9.88 Å². The molecule has 0 radical (unpaired) electrons. The van der Waals surface area contributed by atoms with Crippen molar-refractivity contribution < 1.29 is 9.59 Å². The lowest BCUT2D eigenvalue weighted by Crippen LogP contribution is -2.48. The molecule has 1 aromatic heterocycles. The van der Waals surface area contributed by atoms with Crippen molar-refractivity contribution in [2.45, 2.75) is 0 Å². The molecule has 0 saturated carbocycles. The molecule has 0 spiro atoms. The molecule has 160 valence electrons. The van der Waals surface area contributed by atoms with Gasteiger partial charge in [-0.1, -0.05) is 69.7 Å². The maximum Gasteiger partial charge on any atom is 0.253 e. The number of benzene rings is 3. The van der Waals surface area contributed by atoms with Crippen LogP contribution in [0.3, 0.4) is 0 Å². The highest BCUT2D eigenvalue weighted by Crippen LogP contribution is 2.31. The summed E-state index contributed by atoms with van der Waals surface area (Å²) < 4.78 is 2.20. The molecule has 0 bridgehead atoms. The second-order valence-corrected chi connectivity index (χ2v) is 9.59. The zero-order chi connectivity index (χ0) is 22.1. The number of carbonyl (C=O) groups is 2. The molecular weight excluding hydrogens is 486 g/mol. The summed E-state index contributed by atoms with van der Waals surface area (Å²) in [5.41, 5.74) is 2.83. The minimum atomic E-state index is -0.0407. The number of aromatic nitrogens is 1. The number of amides is 1. The third-order valence-corrected chi connectivity index (χ3v) is 7.18. The van der Waals surface area contributed by atoms with Gasteiger partial charge >= 0.3 is 0 Å². The first kappa shape index (κ1) is 20.8. The maximum absolute atomic E-state index is 13.0. The first-order chi connectivity index (χ1) is 15.6. The van der Waals surface area contributed by atoms with Crippen LogP contribution < -0.4 is 4.90 Å². The van der Waals surface area contributed by atoms with Crippen LogP contribution in [0.5, 0.6) is 0 Å². The normalized spacial score (nSPS) is 14.0. The Balaban J connectivity index is 1.23. The molecule has 2 heterocycles. The standard InChI is InChI=1S/C25H20BrN3O2S/c26-20-10-11-21-22(16-20)32-25(27-21)29-14-12-28(13-15-29)24(31)19-8-6-18(7-9-19)23(30)17-4-2-1-3-5-17/h1-11,16H,12-15H2. The van der Waals surface area contributed by atoms with E-state index in [0.29, 0.717) is 29.8 Å². The molecular formula is C25H20BrN3O2S. The van der Waals surface area contributed by atoms with Crippen LogP contribution in [0.4, 0.5) is 5.13 Å². The monoisotopic (exact) mass is 505 g/mol. The molecule has 7 heteroatoms. The van der Waals surface area contributed by atoms with E-state index in [2.05, 4.69) is 26.9 Å². The second-order valence-electron chi connectivity index (χ2n) is 7.66. The molecule has 5 rings (SSSR count). The van der Waals surface area contributed by atoms with Crippen molar-refractivity contribution >= 4 is 54.3 Å². The average molecular weight is 506 g/mol. The molecule has 0 aliphatic carbocycles. The van der Waals surface area contributed by atoms with Gasteiger partial charge in [-0.15, -0.1) is 0 Å². The van der Waals surface area contributed by atoms with Gasteiger partial charge in [0, 0.05) is 47.3 Å². The molecule has 1 saturated heterocycles. The van der Waals surface area contributed by atoms with Gasteiger partial charge in [0.2, 0.25) is 0 Å². The first-order valence-electron chi connectivity index (χ1n) is 10.4. The smallest absolute Gasteiger partial charge is 0.253 e. The minimum absolute atomic E-state index is 0.00316. The van der Waals surface area contributed by atoms with E-state index in [0.717, 1.165) is 32.9 Å².